The molecule has 2 aliphatic heterocycles. The van der Waals surface area contributed by atoms with Crippen LogP contribution >= 0.6 is 0 Å². The zero-order valence-electron chi connectivity index (χ0n) is 19.6. The van der Waals surface area contributed by atoms with E-state index in [1.54, 1.807) is 12.1 Å². The van der Waals surface area contributed by atoms with Crippen LogP contribution in [-0.4, -0.2) is 84.5 Å². The Kier molecular flexibility index (Phi) is 6.74. The normalized spacial score (nSPS) is 19.2. The average molecular weight is 513 g/mol. The van der Waals surface area contributed by atoms with Crippen molar-refractivity contribution in [3.8, 4) is 0 Å². The predicted octanol–water partition coefficient (Wildman–Crippen LogP) is 0.753. The maximum absolute atomic E-state index is 14.5. The minimum atomic E-state index is -1.85. The predicted molar refractivity (Wildman–Crippen MR) is 128 cm³/mol. The quantitative estimate of drug-likeness (QED) is 0.447. The van der Waals surface area contributed by atoms with Crippen molar-refractivity contribution in [2.75, 3.05) is 55.4 Å². The van der Waals surface area contributed by atoms with Crippen LogP contribution in [0.2, 0.25) is 0 Å². The van der Waals surface area contributed by atoms with Crippen LogP contribution in [0.5, 0.6) is 0 Å². The second kappa shape index (κ2) is 10.1. The number of aliphatic hydroxyl groups is 1. The van der Waals surface area contributed by atoms with Crippen molar-refractivity contribution in [3.05, 3.63) is 47.8 Å². The molecule has 0 aliphatic carbocycles. The standard InChI is InChI=1S/C24H24FN5O7/c25-17-4-2-14(12-16(17)23(33)29-5-8-35-9-6-29)30-7-10-36-20(24(30)34)19(31)22(32)27-13-1-3-15-18(11-13)37-28-21(15)26/h1-4,11-12,19-20,31H,5-10H2,(H2,26,28)(H,27,32)/t19-,20-/m1/s1. The van der Waals surface area contributed by atoms with E-state index in [1.807, 2.05) is 0 Å². The zero-order chi connectivity index (χ0) is 26.1. The molecule has 194 valence electrons. The Morgan fingerprint density at radius 1 is 1.14 bits per heavy atom. The number of carbonyl (C=O) groups excluding carboxylic acids is 3. The van der Waals surface area contributed by atoms with Crippen LogP contribution in [0.25, 0.3) is 11.0 Å². The Balaban J connectivity index is 1.31. The summed E-state index contributed by atoms with van der Waals surface area (Å²) in [6.45, 7) is 1.48. The van der Waals surface area contributed by atoms with Crippen molar-refractivity contribution in [2.24, 2.45) is 0 Å². The third-order valence-corrected chi connectivity index (χ3v) is 6.23. The maximum atomic E-state index is 14.5. The van der Waals surface area contributed by atoms with E-state index in [2.05, 4.69) is 10.5 Å². The number of amides is 3. The maximum Gasteiger partial charge on any atom is 0.259 e. The van der Waals surface area contributed by atoms with Gasteiger partial charge in [0.15, 0.2) is 23.6 Å². The molecule has 0 saturated carbocycles. The molecule has 13 heteroatoms. The van der Waals surface area contributed by atoms with Crippen molar-refractivity contribution in [2.45, 2.75) is 12.2 Å². The van der Waals surface area contributed by atoms with E-state index >= 15 is 0 Å². The molecule has 2 aromatic carbocycles. The molecule has 2 saturated heterocycles. The number of rotatable bonds is 5. The number of carbonyl (C=O) groups is 3. The minimum Gasteiger partial charge on any atom is -0.380 e. The Bertz CT molecular complexity index is 1360. The van der Waals surface area contributed by atoms with Crippen LogP contribution in [0.15, 0.2) is 40.9 Å². The molecule has 2 fully saturated rings. The highest BCUT2D eigenvalue weighted by atomic mass is 19.1. The van der Waals surface area contributed by atoms with E-state index in [1.165, 1.54) is 28.0 Å². The highest BCUT2D eigenvalue weighted by Gasteiger charge is 2.39. The largest absolute Gasteiger partial charge is 0.380 e. The highest BCUT2D eigenvalue weighted by Crippen LogP contribution is 2.26. The number of fused-ring (bicyclic) bond motifs is 1. The molecular weight excluding hydrogens is 489 g/mol. The van der Waals surface area contributed by atoms with Gasteiger partial charge >= 0.3 is 0 Å². The van der Waals surface area contributed by atoms with Crippen molar-refractivity contribution < 1.29 is 37.9 Å². The zero-order valence-corrected chi connectivity index (χ0v) is 19.6. The topological polar surface area (TPSA) is 160 Å². The van der Waals surface area contributed by atoms with Crippen LogP contribution in [0.1, 0.15) is 10.4 Å². The van der Waals surface area contributed by atoms with Crippen LogP contribution in [-0.2, 0) is 19.1 Å². The molecule has 0 radical (unpaired) electrons. The van der Waals surface area contributed by atoms with E-state index in [9.17, 15) is 23.9 Å². The number of morpholine rings is 2. The molecule has 0 bridgehead atoms. The lowest BCUT2D eigenvalue weighted by molar-refractivity contribution is -0.150. The van der Waals surface area contributed by atoms with Gasteiger partial charge in [0, 0.05) is 37.1 Å². The van der Waals surface area contributed by atoms with Gasteiger partial charge in [0.05, 0.1) is 30.8 Å². The number of aromatic nitrogens is 1. The molecule has 3 heterocycles. The lowest BCUT2D eigenvalue weighted by Gasteiger charge is -2.34. The SMILES string of the molecule is Nc1noc2cc(NC(=O)[C@H](O)[C@H]3OCCN(c4ccc(F)c(C(=O)N5CCOCC5)c4)C3=O)ccc12. The van der Waals surface area contributed by atoms with Gasteiger partial charge in [-0.2, -0.15) is 0 Å². The Morgan fingerprint density at radius 3 is 2.70 bits per heavy atom. The first-order valence-electron chi connectivity index (χ1n) is 11.6. The summed E-state index contributed by atoms with van der Waals surface area (Å²) in [7, 11) is 0. The summed E-state index contributed by atoms with van der Waals surface area (Å²) in [6.07, 6.45) is -3.36. The second-order valence-electron chi connectivity index (χ2n) is 8.56. The molecule has 0 spiro atoms. The van der Waals surface area contributed by atoms with Gasteiger partial charge in [0.2, 0.25) is 0 Å². The number of anilines is 3. The number of nitrogens with zero attached hydrogens (tertiary/aromatic N) is 3. The second-order valence-corrected chi connectivity index (χ2v) is 8.56. The van der Waals surface area contributed by atoms with Gasteiger partial charge in [-0.3, -0.25) is 14.4 Å². The third-order valence-electron chi connectivity index (χ3n) is 6.23. The van der Waals surface area contributed by atoms with Gasteiger partial charge < -0.3 is 40.0 Å². The molecule has 0 unspecified atom stereocenters. The number of nitrogens with one attached hydrogen (secondary N) is 1. The van der Waals surface area contributed by atoms with Gasteiger partial charge in [0.25, 0.3) is 17.7 Å². The molecule has 12 nitrogen and oxygen atoms in total. The summed E-state index contributed by atoms with van der Waals surface area (Å²) in [4.78, 5) is 41.5. The molecule has 2 atom stereocenters. The lowest BCUT2D eigenvalue weighted by atomic mass is 10.1. The van der Waals surface area contributed by atoms with Crippen LogP contribution in [0.4, 0.5) is 21.6 Å². The van der Waals surface area contributed by atoms with E-state index in [0.717, 1.165) is 6.07 Å². The van der Waals surface area contributed by atoms with Crippen molar-refractivity contribution >= 4 is 45.9 Å². The van der Waals surface area contributed by atoms with Gasteiger partial charge in [-0.25, -0.2) is 4.39 Å². The highest BCUT2D eigenvalue weighted by molar-refractivity contribution is 6.05. The molecule has 3 aromatic rings. The molecule has 1 aromatic heterocycles. The summed E-state index contributed by atoms with van der Waals surface area (Å²) < 4.78 is 30.3. The van der Waals surface area contributed by atoms with E-state index in [-0.39, 0.29) is 35.9 Å². The first kappa shape index (κ1) is 24.6. The van der Waals surface area contributed by atoms with Crippen LogP contribution < -0.4 is 16.0 Å². The Morgan fingerprint density at radius 2 is 1.92 bits per heavy atom. The van der Waals surface area contributed by atoms with E-state index in [0.29, 0.717) is 37.3 Å². The van der Waals surface area contributed by atoms with E-state index < -0.39 is 35.7 Å². The Hall–Kier alpha value is -4.07. The number of nitrogens with two attached hydrogens (primary N) is 1. The number of halogens is 1. The Labute approximate surface area is 209 Å². The molecule has 5 rings (SSSR count). The average Bonchev–Trinajstić information content (AvgIpc) is 3.28. The molecule has 4 N–H and O–H groups in total. The number of nitrogen functional groups attached to an aromatic ring is 1. The lowest BCUT2D eigenvalue weighted by Crippen LogP contribution is -2.55. The van der Waals surface area contributed by atoms with Gasteiger partial charge in [-0.1, -0.05) is 5.16 Å². The number of aliphatic hydroxyl groups excluding tert-OH is 1. The van der Waals surface area contributed by atoms with Gasteiger partial charge in [-0.15, -0.1) is 0 Å². The summed E-state index contributed by atoms with van der Waals surface area (Å²) >= 11 is 0. The number of ether oxygens (including phenoxy) is 2. The minimum absolute atomic E-state index is 0.00810. The third kappa shape index (κ3) is 4.83. The molecule has 37 heavy (non-hydrogen) atoms. The first-order valence-corrected chi connectivity index (χ1v) is 11.6. The summed E-state index contributed by atoms with van der Waals surface area (Å²) in [5, 5.41) is 17.3. The summed E-state index contributed by atoms with van der Waals surface area (Å²) in [5.41, 5.74) is 6.37. The fourth-order valence-corrected chi connectivity index (χ4v) is 4.26. The molecule has 2 aliphatic rings. The van der Waals surface area contributed by atoms with Crippen LogP contribution in [0, 0.1) is 5.82 Å². The van der Waals surface area contributed by atoms with Crippen molar-refractivity contribution in [1.82, 2.24) is 10.1 Å². The summed E-state index contributed by atoms with van der Waals surface area (Å²) in [5.74, 6) is -2.62. The fourth-order valence-electron chi connectivity index (χ4n) is 4.26. The van der Waals surface area contributed by atoms with Crippen molar-refractivity contribution in [3.63, 3.8) is 0 Å². The number of hydrogen-bond donors (Lipinski definition) is 3. The molecular formula is C24H24FN5O7. The number of benzene rings is 2. The number of hydrogen-bond acceptors (Lipinski definition) is 9. The molecule has 3 amide bonds. The summed E-state index contributed by atoms with van der Waals surface area (Å²) in [6, 6.07) is 8.37. The van der Waals surface area contributed by atoms with Gasteiger partial charge in [-0.05, 0) is 30.3 Å². The fraction of sp³-hybridized carbons (Fsp3) is 0.333. The van der Waals surface area contributed by atoms with Crippen LogP contribution in [0.3, 0.4) is 0 Å². The smallest absolute Gasteiger partial charge is 0.259 e. The van der Waals surface area contributed by atoms with Crippen molar-refractivity contribution in [1.29, 1.82) is 0 Å². The van der Waals surface area contributed by atoms with Gasteiger partial charge in [0.1, 0.15) is 5.82 Å². The van der Waals surface area contributed by atoms with E-state index in [4.69, 9.17) is 19.7 Å². The monoisotopic (exact) mass is 513 g/mol. The first-order chi connectivity index (χ1) is 17.8.